The van der Waals surface area contributed by atoms with Crippen molar-refractivity contribution < 1.29 is 24.9 Å². The molecule has 0 radical (unpaired) electrons. The fraction of sp³-hybridized carbons (Fsp3) is 0.417. The van der Waals surface area contributed by atoms with E-state index in [0.29, 0.717) is 11.3 Å². The van der Waals surface area contributed by atoms with Crippen molar-refractivity contribution in [1.29, 1.82) is 0 Å². The van der Waals surface area contributed by atoms with E-state index in [1.54, 1.807) is 19.9 Å². The van der Waals surface area contributed by atoms with E-state index >= 15 is 0 Å². The van der Waals surface area contributed by atoms with Crippen molar-refractivity contribution in [3.8, 4) is 11.5 Å². The molecular formula is C12H16O5. The summed E-state index contributed by atoms with van der Waals surface area (Å²) < 4.78 is 5.01. The van der Waals surface area contributed by atoms with Gasteiger partial charge in [0.25, 0.3) is 0 Å². The summed E-state index contributed by atoms with van der Waals surface area (Å²) in [4.78, 5) is 10.8. The number of aromatic hydroxyl groups is 1. The van der Waals surface area contributed by atoms with Crippen LogP contribution in [0.25, 0.3) is 0 Å². The fourth-order valence-electron chi connectivity index (χ4n) is 1.61. The molecule has 0 amide bonds. The van der Waals surface area contributed by atoms with Crippen LogP contribution in [0.15, 0.2) is 18.2 Å². The second kappa shape index (κ2) is 4.63. The van der Waals surface area contributed by atoms with Crippen molar-refractivity contribution in [1.82, 2.24) is 0 Å². The topological polar surface area (TPSA) is 87.0 Å². The lowest BCUT2D eigenvalue weighted by Gasteiger charge is -2.29. The molecule has 0 spiro atoms. The molecule has 0 aromatic heterocycles. The van der Waals surface area contributed by atoms with E-state index in [4.69, 9.17) is 9.84 Å². The summed E-state index contributed by atoms with van der Waals surface area (Å²) >= 11 is 0. The molecule has 1 atom stereocenters. The number of aliphatic hydroxyl groups excluding tert-OH is 1. The van der Waals surface area contributed by atoms with Crippen LogP contribution in [0.3, 0.4) is 0 Å². The number of benzene rings is 1. The van der Waals surface area contributed by atoms with Gasteiger partial charge < -0.3 is 20.1 Å². The molecule has 1 aromatic rings. The molecule has 1 unspecified atom stereocenters. The van der Waals surface area contributed by atoms with Crippen molar-refractivity contribution in [2.75, 3.05) is 7.11 Å². The third-order valence-electron chi connectivity index (χ3n) is 2.82. The van der Waals surface area contributed by atoms with Crippen LogP contribution in [0, 0.1) is 0 Å². The van der Waals surface area contributed by atoms with Gasteiger partial charge in [-0.15, -0.1) is 0 Å². The van der Waals surface area contributed by atoms with E-state index in [0.717, 1.165) is 0 Å². The molecule has 0 heterocycles. The van der Waals surface area contributed by atoms with Crippen LogP contribution >= 0.6 is 0 Å². The normalized spacial score (nSPS) is 13.2. The number of aliphatic carboxylic acids is 1. The predicted octanol–water partition coefficient (Wildman–Crippen LogP) is 1.12. The van der Waals surface area contributed by atoms with Crippen LogP contribution in [-0.2, 0) is 10.2 Å². The monoisotopic (exact) mass is 240 g/mol. The molecule has 5 nitrogen and oxygen atoms in total. The maximum atomic E-state index is 10.8. The van der Waals surface area contributed by atoms with E-state index in [1.807, 2.05) is 0 Å². The Hall–Kier alpha value is -1.75. The highest BCUT2D eigenvalue weighted by molar-refractivity contribution is 5.74. The van der Waals surface area contributed by atoms with Gasteiger partial charge in [0.1, 0.15) is 11.5 Å². The largest absolute Gasteiger partial charge is 0.508 e. The highest BCUT2D eigenvalue weighted by Gasteiger charge is 2.37. The molecule has 0 saturated heterocycles. The molecule has 0 fully saturated rings. The quantitative estimate of drug-likeness (QED) is 0.734. The van der Waals surface area contributed by atoms with Crippen molar-refractivity contribution in [2.24, 2.45) is 0 Å². The second-order valence-corrected chi connectivity index (χ2v) is 4.35. The summed E-state index contributed by atoms with van der Waals surface area (Å²) in [5.74, 6) is -0.920. The van der Waals surface area contributed by atoms with Crippen LogP contribution < -0.4 is 4.74 Å². The van der Waals surface area contributed by atoms with E-state index < -0.39 is 17.5 Å². The first-order chi connectivity index (χ1) is 7.80. The molecule has 0 bridgehead atoms. The third-order valence-corrected chi connectivity index (χ3v) is 2.82. The molecule has 0 aliphatic rings. The molecule has 0 aliphatic carbocycles. The third kappa shape index (κ3) is 2.50. The first-order valence-electron chi connectivity index (χ1n) is 5.09. The Labute approximate surface area is 99.3 Å². The Morgan fingerprint density at radius 2 is 2.00 bits per heavy atom. The lowest BCUT2D eigenvalue weighted by Crippen LogP contribution is -2.39. The van der Waals surface area contributed by atoms with Crippen molar-refractivity contribution >= 4 is 5.97 Å². The molecule has 0 aliphatic heterocycles. The standard InChI is InChI=1S/C12H16O5/c1-12(2,10(14)11(15)16)8-6-7(17-3)4-5-9(8)13/h4-6,10,13-14H,1-3H3,(H,15,16). The molecule has 94 valence electrons. The smallest absolute Gasteiger partial charge is 0.333 e. The number of ether oxygens (including phenoxy) is 1. The summed E-state index contributed by atoms with van der Waals surface area (Å²) in [6.45, 7) is 3.08. The van der Waals surface area contributed by atoms with E-state index in [9.17, 15) is 15.0 Å². The zero-order chi connectivity index (χ0) is 13.2. The molecule has 1 rings (SSSR count). The van der Waals surface area contributed by atoms with Gasteiger partial charge in [-0.2, -0.15) is 0 Å². The molecule has 0 saturated carbocycles. The highest BCUT2D eigenvalue weighted by atomic mass is 16.5. The van der Waals surface area contributed by atoms with Crippen LogP contribution in [0.5, 0.6) is 11.5 Å². The zero-order valence-corrected chi connectivity index (χ0v) is 9.97. The number of phenolic OH excluding ortho intramolecular Hbond substituents is 1. The van der Waals surface area contributed by atoms with Gasteiger partial charge in [-0.05, 0) is 18.2 Å². The van der Waals surface area contributed by atoms with E-state index in [2.05, 4.69) is 0 Å². The summed E-state index contributed by atoms with van der Waals surface area (Å²) in [6, 6.07) is 4.48. The number of phenols is 1. The molecule has 17 heavy (non-hydrogen) atoms. The minimum absolute atomic E-state index is 0.0731. The predicted molar refractivity (Wildman–Crippen MR) is 61.3 cm³/mol. The summed E-state index contributed by atoms with van der Waals surface area (Å²) in [5, 5.41) is 28.2. The van der Waals surface area contributed by atoms with Gasteiger partial charge in [-0.3, -0.25) is 0 Å². The number of hydrogen-bond donors (Lipinski definition) is 3. The first kappa shape index (κ1) is 13.3. The van der Waals surface area contributed by atoms with Gasteiger partial charge >= 0.3 is 5.97 Å². The Morgan fingerprint density at radius 3 is 2.47 bits per heavy atom. The number of aliphatic hydroxyl groups is 1. The first-order valence-corrected chi connectivity index (χ1v) is 5.09. The average Bonchev–Trinajstić information content (AvgIpc) is 2.28. The second-order valence-electron chi connectivity index (χ2n) is 4.35. The van der Waals surface area contributed by atoms with Gasteiger partial charge in [-0.25, -0.2) is 4.79 Å². The van der Waals surface area contributed by atoms with Gasteiger partial charge in [0.15, 0.2) is 6.10 Å². The van der Waals surface area contributed by atoms with E-state index in [-0.39, 0.29) is 5.75 Å². The summed E-state index contributed by atoms with van der Waals surface area (Å²) in [5.41, 5.74) is -0.795. The maximum absolute atomic E-state index is 10.8. The van der Waals surface area contributed by atoms with Gasteiger partial charge in [-0.1, -0.05) is 13.8 Å². The number of carboxylic acid groups (broad SMARTS) is 1. The van der Waals surface area contributed by atoms with Crippen LogP contribution in [0.2, 0.25) is 0 Å². The fourth-order valence-corrected chi connectivity index (χ4v) is 1.61. The Morgan fingerprint density at radius 1 is 1.41 bits per heavy atom. The number of carbonyl (C=O) groups is 1. The van der Waals surface area contributed by atoms with Gasteiger partial charge in [0, 0.05) is 11.0 Å². The van der Waals surface area contributed by atoms with Gasteiger partial charge in [0.2, 0.25) is 0 Å². The molecular weight excluding hydrogens is 224 g/mol. The van der Waals surface area contributed by atoms with Gasteiger partial charge in [0.05, 0.1) is 7.11 Å². The number of rotatable bonds is 4. The minimum Gasteiger partial charge on any atom is -0.508 e. The van der Waals surface area contributed by atoms with Crippen LogP contribution in [-0.4, -0.2) is 34.5 Å². The van der Waals surface area contributed by atoms with Crippen molar-refractivity contribution in [3.63, 3.8) is 0 Å². The number of carboxylic acids is 1. The molecule has 1 aromatic carbocycles. The average molecular weight is 240 g/mol. The van der Waals surface area contributed by atoms with E-state index in [1.165, 1.54) is 19.2 Å². The Balaban J connectivity index is 3.26. The summed E-state index contributed by atoms with van der Waals surface area (Å²) in [6.07, 6.45) is -1.61. The molecule has 5 heteroatoms. The Kier molecular flexibility index (Phi) is 3.63. The Bertz CT molecular complexity index is 425. The summed E-state index contributed by atoms with van der Waals surface area (Å²) in [7, 11) is 1.47. The number of hydrogen-bond acceptors (Lipinski definition) is 4. The van der Waals surface area contributed by atoms with Crippen molar-refractivity contribution in [2.45, 2.75) is 25.4 Å². The minimum atomic E-state index is -1.61. The zero-order valence-electron chi connectivity index (χ0n) is 9.97. The SMILES string of the molecule is COc1ccc(O)c(C(C)(C)C(O)C(=O)O)c1. The number of methoxy groups -OCH3 is 1. The molecule has 3 N–H and O–H groups in total. The van der Waals surface area contributed by atoms with Crippen LogP contribution in [0.1, 0.15) is 19.4 Å². The van der Waals surface area contributed by atoms with Crippen molar-refractivity contribution in [3.05, 3.63) is 23.8 Å². The van der Waals surface area contributed by atoms with Crippen LogP contribution in [0.4, 0.5) is 0 Å². The maximum Gasteiger partial charge on any atom is 0.333 e. The highest BCUT2D eigenvalue weighted by Crippen LogP contribution is 2.36. The lowest BCUT2D eigenvalue weighted by atomic mass is 9.78. The lowest BCUT2D eigenvalue weighted by molar-refractivity contribution is -0.150.